The standard InChI is InChI=1S/C8H10N2O2/c1-6(11)10-3-2-8(12)7(4-9)5-10/h7H,2-3,5H2,1H3. The van der Waals surface area contributed by atoms with Crippen molar-refractivity contribution in [1.29, 1.82) is 5.26 Å². The second-order valence-corrected chi connectivity index (χ2v) is 2.86. The second kappa shape index (κ2) is 3.35. The summed E-state index contributed by atoms with van der Waals surface area (Å²) in [6, 6.07) is 1.90. The fourth-order valence-electron chi connectivity index (χ4n) is 1.23. The Hall–Kier alpha value is -1.37. The third-order valence-corrected chi connectivity index (χ3v) is 2.02. The minimum absolute atomic E-state index is 0.0463. The topological polar surface area (TPSA) is 61.2 Å². The molecule has 1 aliphatic rings. The number of hydrogen-bond acceptors (Lipinski definition) is 3. The van der Waals surface area contributed by atoms with Gasteiger partial charge in [-0.05, 0) is 0 Å². The van der Waals surface area contributed by atoms with Crippen LogP contribution in [-0.4, -0.2) is 29.7 Å². The quantitative estimate of drug-likeness (QED) is 0.506. The molecule has 0 aromatic heterocycles. The Bertz CT molecular complexity index is 254. The highest BCUT2D eigenvalue weighted by Gasteiger charge is 2.27. The van der Waals surface area contributed by atoms with E-state index in [4.69, 9.17) is 5.26 Å². The van der Waals surface area contributed by atoms with Crippen molar-refractivity contribution in [3.05, 3.63) is 0 Å². The third kappa shape index (κ3) is 1.62. The molecule has 1 amide bonds. The fourth-order valence-corrected chi connectivity index (χ4v) is 1.23. The number of nitriles is 1. The van der Waals surface area contributed by atoms with Crippen LogP contribution >= 0.6 is 0 Å². The Labute approximate surface area is 70.8 Å². The number of carbonyl (C=O) groups excluding carboxylic acids is 2. The molecule has 1 fully saturated rings. The molecule has 4 heteroatoms. The summed E-state index contributed by atoms with van der Waals surface area (Å²) in [5.41, 5.74) is 0. The molecule has 0 radical (unpaired) electrons. The lowest BCUT2D eigenvalue weighted by molar-refractivity contribution is -0.134. The third-order valence-electron chi connectivity index (χ3n) is 2.02. The predicted molar refractivity (Wildman–Crippen MR) is 41.0 cm³/mol. The second-order valence-electron chi connectivity index (χ2n) is 2.86. The van der Waals surface area contributed by atoms with Crippen LogP contribution in [0.15, 0.2) is 0 Å². The van der Waals surface area contributed by atoms with Gasteiger partial charge in [-0.1, -0.05) is 0 Å². The molecule has 4 nitrogen and oxygen atoms in total. The summed E-state index contributed by atoms with van der Waals surface area (Å²) in [4.78, 5) is 23.4. The number of hydrogen-bond donors (Lipinski definition) is 0. The number of Topliss-reactive ketones (excluding diaryl/α,β-unsaturated/α-hetero) is 1. The van der Waals surface area contributed by atoms with Gasteiger partial charge < -0.3 is 4.90 Å². The lowest BCUT2D eigenvalue weighted by Gasteiger charge is -2.27. The summed E-state index contributed by atoms with van der Waals surface area (Å²) in [6.07, 6.45) is 0.317. The lowest BCUT2D eigenvalue weighted by Crippen LogP contribution is -2.42. The number of likely N-dealkylation sites (tertiary alicyclic amines) is 1. The van der Waals surface area contributed by atoms with E-state index in [0.29, 0.717) is 13.0 Å². The average molecular weight is 166 g/mol. The van der Waals surface area contributed by atoms with Gasteiger partial charge in [0.2, 0.25) is 5.91 Å². The zero-order chi connectivity index (χ0) is 9.14. The number of rotatable bonds is 0. The summed E-state index contributed by atoms with van der Waals surface area (Å²) >= 11 is 0. The van der Waals surface area contributed by atoms with Crippen molar-refractivity contribution in [2.45, 2.75) is 13.3 Å². The highest BCUT2D eigenvalue weighted by Crippen LogP contribution is 2.11. The molecule has 0 N–H and O–H groups in total. The van der Waals surface area contributed by atoms with E-state index < -0.39 is 5.92 Å². The molecule has 0 aromatic rings. The summed E-state index contributed by atoms with van der Waals surface area (Å²) in [7, 11) is 0. The first-order chi connectivity index (χ1) is 5.65. The zero-order valence-corrected chi connectivity index (χ0v) is 6.91. The highest BCUT2D eigenvalue weighted by atomic mass is 16.2. The van der Waals surface area contributed by atoms with Gasteiger partial charge in [-0.2, -0.15) is 5.26 Å². The number of nitrogens with zero attached hydrogens (tertiary/aromatic N) is 2. The van der Waals surface area contributed by atoms with Gasteiger partial charge in [-0.3, -0.25) is 9.59 Å². The molecule has 1 saturated heterocycles. The van der Waals surface area contributed by atoms with E-state index >= 15 is 0 Å². The molecule has 1 rings (SSSR count). The van der Waals surface area contributed by atoms with E-state index in [1.807, 2.05) is 6.07 Å². The van der Waals surface area contributed by atoms with Gasteiger partial charge in [0.25, 0.3) is 0 Å². The zero-order valence-electron chi connectivity index (χ0n) is 6.91. The molecule has 0 bridgehead atoms. The molecule has 0 saturated carbocycles. The van der Waals surface area contributed by atoms with E-state index in [1.165, 1.54) is 11.8 Å². The molecule has 12 heavy (non-hydrogen) atoms. The fraction of sp³-hybridized carbons (Fsp3) is 0.625. The number of carbonyl (C=O) groups is 2. The maximum absolute atomic E-state index is 11.0. The van der Waals surface area contributed by atoms with Crippen molar-refractivity contribution in [3.8, 4) is 6.07 Å². The Morgan fingerprint density at radius 2 is 2.42 bits per heavy atom. The van der Waals surface area contributed by atoms with Gasteiger partial charge >= 0.3 is 0 Å². The van der Waals surface area contributed by atoms with Gasteiger partial charge in [-0.15, -0.1) is 0 Å². The molecule has 1 atom stereocenters. The normalized spacial score (nSPS) is 23.5. The van der Waals surface area contributed by atoms with Gasteiger partial charge in [0.05, 0.1) is 6.07 Å². The first-order valence-electron chi connectivity index (χ1n) is 3.83. The van der Waals surface area contributed by atoms with Crippen LogP contribution in [0.5, 0.6) is 0 Å². The SMILES string of the molecule is CC(=O)N1CCC(=O)C(C#N)C1. The van der Waals surface area contributed by atoms with Crippen LogP contribution in [-0.2, 0) is 9.59 Å². The minimum atomic E-state index is -0.609. The first kappa shape index (κ1) is 8.72. The van der Waals surface area contributed by atoms with E-state index in [-0.39, 0.29) is 18.2 Å². The number of ketones is 1. The van der Waals surface area contributed by atoms with Crippen molar-refractivity contribution in [1.82, 2.24) is 4.90 Å². The van der Waals surface area contributed by atoms with E-state index in [2.05, 4.69) is 0 Å². The Balaban J connectivity index is 2.63. The monoisotopic (exact) mass is 166 g/mol. The van der Waals surface area contributed by atoms with E-state index in [1.54, 1.807) is 0 Å². The van der Waals surface area contributed by atoms with Crippen molar-refractivity contribution >= 4 is 11.7 Å². The van der Waals surface area contributed by atoms with Gasteiger partial charge in [0.15, 0.2) is 5.78 Å². The molecule has 0 spiro atoms. The Morgan fingerprint density at radius 1 is 1.75 bits per heavy atom. The van der Waals surface area contributed by atoms with Crippen molar-refractivity contribution in [3.63, 3.8) is 0 Å². The van der Waals surface area contributed by atoms with Crippen molar-refractivity contribution < 1.29 is 9.59 Å². The van der Waals surface area contributed by atoms with Crippen LogP contribution in [0, 0.1) is 17.2 Å². The van der Waals surface area contributed by atoms with E-state index in [0.717, 1.165) is 0 Å². The summed E-state index contributed by atoms with van der Waals surface area (Å²) in [5.74, 6) is -0.722. The molecule has 0 aromatic carbocycles. The Kier molecular flexibility index (Phi) is 2.44. The predicted octanol–water partition coefficient (Wildman–Crippen LogP) is -0.0525. The molecular formula is C8H10N2O2. The maximum Gasteiger partial charge on any atom is 0.219 e. The summed E-state index contributed by atoms with van der Waals surface area (Å²) in [6.45, 7) is 2.18. The van der Waals surface area contributed by atoms with E-state index in [9.17, 15) is 9.59 Å². The van der Waals surface area contributed by atoms with Crippen LogP contribution in [0.2, 0.25) is 0 Å². The molecule has 1 aliphatic heterocycles. The maximum atomic E-state index is 11.0. The number of piperidine rings is 1. The molecule has 0 aliphatic carbocycles. The van der Waals surface area contributed by atoms with Crippen LogP contribution in [0.25, 0.3) is 0 Å². The molecular weight excluding hydrogens is 156 g/mol. The van der Waals surface area contributed by atoms with Gasteiger partial charge in [0.1, 0.15) is 5.92 Å². The van der Waals surface area contributed by atoms with Gasteiger partial charge in [0, 0.05) is 26.4 Å². The summed E-state index contributed by atoms with van der Waals surface area (Å²) in [5, 5.41) is 8.55. The number of amides is 1. The minimum Gasteiger partial charge on any atom is -0.341 e. The molecule has 1 unspecified atom stereocenters. The molecule has 1 heterocycles. The van der Waals surface area contributed by atoms with Crippen LogP contribution in [0.3, 0.4) is 0 Å². The van der Waals surface area contributed by atoms with Crippen LogP contribution in [0.4, 0.5) is 0 Å². The lowest BCUT2D eigenvalue weighted by atomic mass is 9.98. The molecule has 64 valence electrons. The Morgan fingerprint density at radius 3 is 2.92 bits per heavy atom. The van der Waals surface area contributed by atoms with Crippen molar-refractivity contribution in [2.24, 2.45) is 5.92 Å². The van der Waals surface area contributed by atoms with Crippen LogP contribution < -0.4 is 0 Å². The van der Waals surface area contributed by atoms with Crippen molar-refractivity contribution in [2.75, 3.05) is 13.1 Å². The highest BCUT2D eigenvalue weighted by molar-refractivity contribution is 5.86. The smallest absolute Gasteiger partial charge is 0.219 e. The average Bonchev–Trinajstić information content (AvgIpc) is 2.05. The van der Waals surface area contributed by atoms with Gasteiger partial charge in [-0.25, -0.2) is 0 Å². The van der Waals surface area contributed by atoms with Crippen LogP contribution in [0.1, 0.15) is 13.3 Å². The summed E-state index contributed by atoms with van der Waals surface area (Å²) < 4.78 is 0. The first-order valence-corrected chi connectivity index (χ1v) is 3.83. The largest absolute Gasteiger partial charge is 0.341 e.